The fourth-order valence-corrected chi connectivity index (χ4v) is 2.46. The first-order valence-electron chi connectivity index (χ1n) is 7.96. The molecule has 0 spiro atoms. The molecule has 0 aliphatic carbocycles. The van der Waals surface area contributed by atoms with E-state index in [0.717, 1.165) is 17.7 Å². The zero-order valence-electron chi connectivity index (χ0n) is 14.1. The molecular weight excluding hydrogens is 326 g/mol. The number of amides is 2. The van der Waals surface area contributed by atoms with Crippen molar-refractivity contribution >= 4 is 11.8 Å². The molecule has 1 atom stereocenters. The average Bonchev–Trinajstić information content (AvgIpc) is 2.54. The molecule has 0 saturated carbocycles. The summed E-state index contributed by atoms with van der Waals surface area (Å²) in [5.74, 6) is -1.95. The van der Waals surface area contributed by atoms with Crippen molar-refractivity contribution in [1.82, 2.24) is 10.6 Å². The Hall–Kier alpha value is -2.76. The molecule has 2 N–H and O–H groups in total. The van der Waals surface area contributed by atoms with Gasteiger partial charge in [0.2, 0.25) is 5.91 Å². The molecule has 132 valence electrons. The van der Waals surface area contributed by atoms with Crippen molar-refractivity contribution in [3.8, 4) is 0 Å². The van der Waals surface area contributed by atoms with Gasteiger partial charge in [0, 0.05) is 30.2 Å². The van der Waals surface area contributed by atoms with E-state index in [1.807, 2.05) is 19.1 Å². The molecule has 0 saturated heterocycles. The maximum atomic E-state index is 13.7. The number of carbonyl (C=O) groups is 2. The summed E-state index contributed by atoms with van der Waals surface area (Å²) in [5.41, 5.74) is 1.62. The third kappa shape index (κ3) is 5.11. The molecule has 0 bridgehead atoms. The van der Waals surface area contributed by atoms with Gasteiger partial charge in [-0.05, 0) is 31.5 Å². The molecule has 4 nitrogen and oxygen atoms in total. The third-order valence-corrected chi connectivity index (χ3v) is 3.83. The topological polar surface area (TPSA) is 58.2 Å². The fraction of sp³-hybridized carbons (Fsp3) is 0.263. The summed E-state index contributed by atoms with van der Waals surface area (Å²) in [6.07, 6.45) is 0.0603. The normalized spacial score (nSPS) is 11.7. The summed E-state index contributed by atoms with van der Waals surface area (Å²) in [5, 5.41) is 5.31. The minimum atomic E-state index is -0.708. The molecule has 2 amide bonds. The van der Waals surface area contributed by atoms with Gasteiger partial charge in [-0.25, -0.2) is 8.78 Å². The Morgan fingerprint density at radius 3 is 2.52 bits per heavy atom. The zero-order valence-corrected chi connectivity index (χ0v) is 14.1. The maximum Gasteiger partial charge on any atom is 0.251 e. The van der Waals surface area contributed by atoms with E-state index in [4.69, 9.17) is 0 Å². The van der Waals surface area contributed by atoms with Crippen LogP contribution in [0.15, 0.2) is 42.5 Å². The summed E-state index contributed by atoms with van der Waals surface area (Å²) in [7, 11) is 0. The molecule has 2 aromatic carbocycles. The number of hydrogen-bond donors (Lipinski definition) is 2. The van der Waals surface area contributed by atoms with Gasteiger partial charge in [0.25, 0.3) is 5.91 Å². The number of hydrogen-bond acceptors (Lipinski definition) is 2. The Bertz CT molecular complexity index is 778. The van der Waals surface area contributed by atoms with Crippen molar-refractivity contribution in [3.05, 3.63) is 70.8 Å². The predicted molar refractivity (Wildman–Crippen MR) is 91.0 cm³/mol. The van der Waals surface area contributed by atoms with Gasteiger partial charge in [-0.3, -0.25) is 9.59 Å². The highest BCUT2D eigenvalue weighted by Crippen LogP contribution is 2.17. The lowest BCUT2D eigenvalue weighted by Gasteiger charge is -2.15. The number of nitrogens with one attached hydrogen (secondary N) is 2. The van der Waals surface area contributed by atoms with Crippen molar-refractivity contribution in [2.24, 2.45) is 0 Å². The highest BCUT2D eigenvalue weighted by Gasteiger charge is 2.14. The molecule has 2 rings (SSSR count). The van der Waals surface area contributed by atoms with E-state index in [-0.39, 0.29) is 30.3 Å². The highest BCUT2D eigenvalue weighted by molar-refractivity contribution is 5.95. The van der Waals surface area contributed by atoms with Crippen molar-refractivity contribution in [1.29, 1.82) is 0 Å². The number of benzene rings is 2. The summed E-state index contributed by atoms with van der Waals surface area (Å²) in [6, 6.07) is 9.79. The number of carbonyl (C=O) groups excluding carboxylic acids is 2. The Kier molecular flexibility index (Phi) is 6.22. The average molecular weight is 346 g/mol. The highest BCUT2D eigenvalue weighted by atomic mass is 19.1. The second kappa shape index (κ2) is 8.37. The number of aryl methyl sites for hydroxylation is 1. The van der Waals surface area contributed by atoms with Gasteiger partial charge >= 0.3 is 0 Å². The molecule has 0 heterocycles. The van der Waals surface area contributed by atoms with E-state index in [1.54, 1.807) is 19.1 Å². The lowest BCUT2D eigenvalue weighted by molar-refractivity contribution is -0.121. The second-order valence-corrected chi connectivity index (χ2v) is 5.78. The lowest BCUT2D eigenvalue weighted by Crippen LogP contribution is -2.32. The van der Waals surface area contributed by atoms with E-state index < -0.39 is 17.7 Å². The standard InChI is InChI=1S/C19H20F2N2O2/c1-12-5-3-4-6-15(12)19(25)22-10-9-18(24)23-13(2)16-8-7-14(20)11-17(16)21/h3-8,11,13H,9-10H2,1-2H3,(H,22,25)(H,23,24)/t13-/m1/s1. The van der Waals surface area contributed by atoms with Gasteiger partial charge < -0.3 is 10.6 Å². The molecule has 0 radical (unpaired) electrons. The van der Waals surface area contributed by atoms with Crippen LogP contribution in [-0.4, -0.2) is 18.4 Å². The fourth-order valence-electron chi connectivity index (χ4n) is 2.46. The Labute approximate surface area is 145 Å². The van der Waals surface area contributed by atoms with Gasteiger partial charge in [-0.1, -0.05) is 24.3 Å². The molecule has 0 aliphatic rings. The van der Waals surface area contributed by atoms with Gasteiger partial charge in [-0.15, -0.1) is 0 Å². The van der Waals surface area contributed by atoms with Crippen LogP contribution in [0, 0.1) is 18.6 Å². The zero-order chi connectivity index (χ0) is 18.4. The summed E-state index contributed by atoms with van der Waals surface area (Å²) >= 11 is 0. The number of rotatable bonds is 6. The smallest absolute Gasteiger partial charge is 0.251 e. The van der Waals surface area contributed by atoms with E-state index in [0.29, 0.717) is 5.56 Å². The third-order valence-electron chi connectivity index (χ3n) is 3.83. The molecule has 0 aromatic heterocycles. The molecule has 6 heteroatoms. The SMILES string of the molecule is Cc1ccccc1C(=O)NCCC(=O)N[C@H](C)c1ccc(F)cc1F. The van der Waals surface area contributed by atoms with Crippen LogP contribution in [0.4, 0.5) is 8.78 Å². The van der Waals surface area contributed by atoms with Crippen LogP contribution in [0.3, 0.4) is 0 Å². The van der Waals surface area contributed by atoms with Crippen molar-refractivity contribution in [2.45, 2.75) is 26.3 Å². The molecule has 0 fully saturated rings. The Morgan fingerprint density at radius 1 is 1.12 bits per heavy atom. The molecule has 0 unspecified atom stereocenters. The first kappa shape index (κ1) is 18.6. The quantitative estimate of drug-likeness (QED) is 0.843. The van der Waals surface area contributed by atoms with Crippen LogP contribution >= 0.6 is 0 Å². The second-order valence-electron chi connectivity index (χ2n) is 5.78. The molecule has 0 aliphatic heterocycles. The van der Waals surface area contributed by atoms with Crippen LogP contribution in [0.1, 0.15) is 40.9 Å². The van der Waals surface area contributed by atoms with Crippen molar-refractivity contribution in [3.63, 3.8) is 0 Å². The van der Waals surface area contributed by atoms with E-state index in [2.05, 4.69) is 10.6 Å². The van der Waals surface area contributed by atoms with E-state index in [9.17, 15) is 18.4 Å². The maximum absolute atomic E-state index is 13.7. The van der Waals surface area contributed by atoms with Crippen LogP contribution in [0.2, 0.25) is 0 Å². The van der Waals surface area contributed by atoms with Crippen LogP contribution in [-0.2, 0) is 4.79 Å². The van der Waals surface area contributed by atoms with Crippen LogP contribution in [0.25, 0.3) is 0 Å². The first-order chi connectivity index (χ1) is 11.9. The number of halogens is 2. The largest absolute Gasteiger partial charge is 0.352 e. The molecular formula is C19H20F2N2O2. The first-order valence-corrected chi connectivity index (χ1v) is 7.96. The minimum absolute atomic E-state index is 0.0603. The Morgan fingerprint density at radius 2 is 1.84 bits per heavy atom. The molecule has 25 heavy (non-hydrogen) atoms. The van der Waals surface area contributed by atoms with Gasteiger partial charge in [0.1, 0.15) is 11.6 Å². The lowest BCUT2D eigenvalue weighted by atomic mass is 10.1. The monoisotopic (exact) mass is 346 g/mol. The predicted octanol–water partition coefficient (Wildman–Crippen LogP) is 3.27. The summed E-state index contributed by atoms with van der Waals surface area (Å²) < 4.78 is 26.6. The van der Waals surface area contributed by atoms with Gasteiger partial charge in [0.15, 0.2) is 0 Å². The summed E-state index contributed by atoms with van der Waals surface area (Å²) in [6.45, 7) is 3.61. The van der Waals surface area contributed by atoms with E-state index >= 15 is 0 Å². The van der Waals surface area contributed by atoms with Crippen LogP contribution < -0.4 is 10.6 Å². The Balaban J connectivity index is 1.82. The van der Waals surface area contributed by atoms with Gasteiger partial charge in [0.05, 0.1) is 6.04 Å². The molecule has 2 aromatic rings. The van der Waals surface area contributed by atoms with Gasteiger partial charge in [-0.2, -0.15) is 0 Å². The van der Waals surface area contributed by atoms with Crippen molar-refractivity contribution in [2.75, 3.05) is 6.54 Å². The minimum Gasteiger partial charge on any atom is -0.352 e. The van der Waals surface area contributed by atoms with Crippen LogP contribution in [0.5, 0.6) is 0 Å². The summed E-state index contributed by atoms with van der Waals surface area (Å²) in [4.78, 5) is 24.0. The van der Waals surface area contributed by atoms with Crippen molar-refractivity contribution < 1.29 is 18.4 Å². The van der Waals surface area contributed by atoms with E-state index in [1.165, 1.54) is 6.07 Å².